The summed E-state index contributed by atoms with van der Waals surface area (Å²) >= 11 is 13.8. The van der Waals surface area contributed by atoms with E-state index in [9.17, 15) is 0 Å². The SMILES string of the molecule is CCCNC(c1ccc(Cl)s1)c1ncccc1Cl. The van der Waals surface area contributed by atoms with Gasteiger partial charge in [-0.15, -0.1) is 11.3 Å². The van der Waals surface area contributed by atoms with E-state index in [2.05, 4.69) is 17.2 Å². The van der Waals surface area contributed by atoms with E-state index in [4.69, 9.17) is 23.2 Å². The van der Waals surface area contributed by atoms with Crippen molar-refractivity contribution >= 4 is 34.5 Å². The zero-order chi connectivity index (χ0) is 13.0. The first-order chi connectivity index (χ1) is 8.72. The van der Waals surface area contributed by atoms with Crippen LogP contribution in [0, 0.1) is 0 Å². The number of rotatable bonds is 5. The quantitative estimate of drug-likeness (QED) is 0.877. The molecule has 96 valence electrons. The molecule has 1 N–H and O–H groups in total. The molecule has 0 aromatic carbocycles. The molecule has 1 atom stereocenters. The van der Waals surface area contributed by atoms with E-state index >= 15 is 0 Å². The van der Waals surface area contributed by atoms with Crippen LogP contribution in [0.2, 0.25) is 9.36 Å². The van der Waals surface area contributed by atoms with E-state index < -0.39 is 0 Å². The molecule has 2 heterocycles. The molecule has 0 saturated heterocycles. The Bertz CT molecular complexity index is 513. The van der Waals surface area contributed by atoms with Gasteiger partial charge in [0.25, 0.3) is 0 Å². The lowest BCUT2D eigenvalue weighted by atomic mass is 10.1. The van der Waals surface area contributed by atoms with Crippen LogP contribution in [-0.4, -0.2) is 11.5 Å². The second-order valence-corrected chi connectivity index (χ2v) is 6.05. The second-order valence-electron chi connectivity index (χ2n) is 3.90. The fourth-order valence-electron chi connectivity index (χ4n) is 1.71. The molecule has 2 nitrogen and oxygen atoms in total. The first-order valence-corrected chi connectivity index (χ1v) is 7.38. The van der Waals surface area contributed by atoms with Crippen LogP contribution in [-0.2, 0) is 0 Å². The predicted octanol–water partition coefficient (Wildman–Crippen LogP) is 4.54. The lowest BCUT2D eigenvalue weighted by Gasteiger charge is -2.17. The maximum atomic E-state index is 6.22. The van der Waals surface area contributed by atoms with Crippen molar-refractivity contribution in [3.05, 3.63) is 50.4 Å². The smallest absolute Gasteiger partial charge is 0.0931 e. The summed E-state index contributed by atoms with van der Waals surface area (Å²) in [6.07, 6.45) is 2.82. The van der Waals surface area contributed by atoms with Crippen LogP contribution in [0.3, 0.4) is 0 Å². The minimum Gasteiger partial charge on any atom is -0.304 e. The molecule has 18 heavy (non-hydrogen) atoms. The van der Waals surface area contributed by atoms with Crippen molar-refractivity contribution in [1.29, 1.82) is 0 Å². The Morgan fingerprint density at radius 1 is 1.33 bits per heavy atom. The topological polar surface area (TPSA) is 24.9 Å². The molecule has 2 rings (SSSR count). The van der Waals surface area contributed by atoms with E-state index in [0.29, 0.717) is 5.02 Å². The molecule has 0 bridgehead atoms. The molecule has 0 radical (unpaired) electrons. The summed E-state index contributed by atoms with van der Waals surface area (Å²) < 4.78 is 0.778. The van der Waals surface area contributed by atoms with Gasteiger partial charge < -0.3 is 5.32 Å². The van der Waals surface area contributed by atoms with Crippen LogP contribution in [0.1, 0.15) is 30.0 Å². The van der Waals surface area contributed by atoms with Crippen molar-refractivity contribution in [2.45, 2.75) is 19.4 Å². The molecular weight excluding hydrogens is 287 g/mol. The Kier molecular flexibility index (Phi) is 5.01. The monoisotopic (exact) mass is 300 g/mol. The summed E-state index contributed by atoms with van der Waals surface area (Å²) in [6.45, 7) is 3.04. The molecule has 0 saturated carbocycles. The molecule has 2 aromatic rings. The molecule has 0 aliphatic carbocycles. The Labute approximate surface area is 121 Å². The van der Waals surface area contributed by atoms with Crippen LogP contribution in [0.5, 0.6) is 0 Å². The number of aromatic nitrogens is 1. The minimum absolute atomic E-state index is 0.0103. The molecule has 2 aromatic heterocycles. The van der Waals surface area contributed by atoms with Crippen LogP contribution >= 0.6 is 34.5 Å². The molecule has 1 unspecified atom stereocenters. The lowest BCUT2D eigenvalue weighted by molar-refractivity contribution is 0.594. The average molecular weight is 301 g/mol. The molecule has 5 heteroatoms. The third-order valence-corrected chi connectivity index (χ3v) is 4.15. The molecular formula is C13H14Cl2N2S. The highest BCUT2D eigenvalue weighted by atomic mass is 35.5. The van der Waals surface area contributed by atoms with Gasteiger partial charge in [-0.25, -0.2) is 0 Å². The zero-order valence-electron chi connectivity index (χ0n) is 9.99. The molecule has 0 fully saturated rings. The van der Waals surface area contributed by atoms with Crippen LogP contribution in [0.4, 0.5) is 0 Å². The normalized spacial score (nSPS) is 12.6. The van der Waals surface area contributed by atoms with Crippen molar-refractivity contribution in [3.8, 4) is 0 Å². The summed E-state index contributed by atoms with van der Waals surface area (Å²) in [4.78, 5) is 5.52. The van der Waals surface area contributed by atoms with E-state index in [1.165, 1.54) is 0 Å². The number of halogens is 2. The number of hydrogen-bond donors (Lipinski definition) is 1. The number of thiophene rings is 1. The van der Waals surface area contributed by atoms with E-state index in [1.54, 1.807) is 17.5 Å². The van der Waals surface area contributed by atoms with Gasteiger partial charge in [0.1, 0.15) is 0 Å². The van der Waals surface area contributed by atoms with Gasteiger partial charge in [0.2, 0.25) is 0 Å². The van der Waals surface area contributed by atoms with Crippen molar-refractivity contribution in [3.63, 3.8) is 0 Å². The summed E-state index contributed by atoms with van der Waals surface area (Å²) in [5.74, 6) is 0. The van der Waals surface area contributed by atoms with Crippen LogP contribution < -0.4 is 5.32 Å². The Morgan fingerprint density at radius 3 is 2.78 bits per heavy atom. The van der Waals surface area contributed by atoms with Crippen molar-refractivity contribution in [1.82, 2.24) is 10.3 Å². The van der Waals surface area contributed by atoms with Gasteiger partial charge in [0.15, 0.2) is 0 Å². The van der Waals surface area contributed by atoms with Crippen molar-refractivity contribution in [2.75, 3.05) is 6.54 Å². The molecule has 0 aliphatic heterocycles. The van der Waals surface area contributed by atoms with Gasteiger partial charge in [-0.05, 0) is 37.2 Å². The maximum absolute atomic E-state index is 6.22. The number of nitrogens with one attached hydrogen (secondary N) is 1. The largest absolute Gasteiger partial charge is 0.304 e. The van der Waals surface area contributed by atoms with Gasteiger partial charge in [-0.1, -0.05) is 30.1 Å². The van der Waals surface area contributed by atoms with Crippen LogP contribution in [0.15, 0.2) is 30.5 Å². The Morgan fingerprint density at radius 2 is 2.17 bits per heavy atom. The van der Waals surface area contributed by atoms with Gasteiger partial charge in [-0.2, -0.15) is 0 Å². The highest BCUT2D eigenvalue weighted by Gasteiger charge is 2.19. The maximum Gasteiger partial charge on any atom is 0.0931 e. The number of pyridine rings is 1. The molecule has 0 amide bonds. The fraction of sp³-hybridized carbons (Fsp3) is 0.308. The average Bonchev–Trinajstić information content (AvgIpc) is 2.78. The second kappa shape index (κ2) is 6.53. The van der Waals surface area contributed by atoms with E-state index in [0.717, 1.165) is 27.9 Å². The summed E-state index contributed by atoms with van der Waals surface area (Å²) in [6, 6.07) is 7.63. The Balaban J connectivity index is 2.33. The molecule has 0 aliphatic rings. The summed E-state index contributed by atoms with van der Waals surface area (Å²) in [5.41, 5.74) is 0.853. The first kappa shape index (κ1) is 13.8. The van der Waals surface area contributed by atoms with Gasteiger partial charge in [-0.3, -0.25) is 4.98 Å². The van der Waals surface area contributed by atoms with Gasteiger partial charge >= 0.3 is 0 Å². The standard InChI is InChI=1S/C13H14Cl2N2S/c1-2-7-16-13(10-5-6-11(15)18-10)12-9(14)4-3-8-17-12/h3-6,8,13,16H,2,7H2,1H3. The zero-order valence-corrected chi connectivity index (χ0v) is 12.3. The third kappa shape index (κ3) is 3.23. The lowest BCUT2D eigenvalue weighted by Crippen LogP contribution is -2.23. The highest BCUT2D eigenvalue weighted by molar-refractivity contribution is 7.16. The Hall–Kier alpha value is -0.610. The third-order valence-electron chi connectivity index (χ3n) is 2.54. The number of hydrogen-bond acceptors (Lipinski definition) is 3. The van der Waals surface area contributed by atoms with E-state index in [-0.39, 0.29) is 6.04 Å². The minimum atomic E-state index is 0.0103. The highest BCUT2D eigenvalue weighted by Crippen LogP contribution is 2.32. The number of nitrogens with zero attached hydrogens (tertiary/aromatic N) is 1. The fourth-order valence-corrected chi connectivity index (χ4v) is 3.09. The first-order valence-electron chi connectivity index (χ1n) is 5.81. The van der Waals surface area contributed by atoms with Crippen molar-refractivity contribution in [2.24, 2.45) is 0 Å². The predicted molar refractivity (Wildman–Crippen MR) is 78.7 cm³/mol. The van der Waals surface area contributed by atoms with E-state index in [1.807, 2.05) is 24.3 Å². The van der Waals surface area contributed by atoms with Crippen molar-refractivity contribution < 1.29 is 0 Å². The summed E-state index contributed by atoms with van der Waals surface area (Å²) in [5, 5.41) is 4.14. The summed E-state index contributed by atoms with van der Waals surface area (Å²) in [7, 11) is 0. The van der Waals surface area contributed by atoms with Crippen LogP contribution in [0.25, 0.3) is 0 Å². The van der Waals surface area contributed by atoms with Gasteiger partial charge in [0, 0.05) is 11.1 Å². The molecule has 0 spiro atoms. The van der Waals surface area contributed by atoms with Gasteiger partial charge in [0.05, 0.1) is 21.1 Å².